The van der Waals surface area contributed by atoms with E-state index in [1.165, 1.54) is 4.90 Å². The van der Waals surface area contributed by atoms with E-state index >= 15 is 0 Å². The first-order chi connectivity index (χ1) is 16.2. The Hall–Kier alpha value is -2.81. The van der Waals surface area contributed by atoms with Gasteiger partial charge >= 0.3 is 12.3 Å². The number of pyridine rings is 1. The molecule has 2 aliphatic rings. The first-order valence-corrected chi connectivity index (χ1v) is 11.6. The third kappa shape index (κ3) is 5.46. The lowest BCUT2D eigenvalue weighted by Gasteiger charge is -2.45. The largest absolute Gasteiger partial charge is 0.455 e. The standard InChI is InChI=1S/C25H30F3N3O3/c1-18-6-7-20(22(15-18)34-21-5-3-11-29-16-21)17-31-12-4-8-24(31)9-13-30(14-10-24)23(32)33-19(2)25(26,27)28/h3,5-7,11,15-16,19H,4,8-10,12-14,17H2,1-2H3. The van der Waals surface area contributed by atoms with Crippen molar-refractivity contribution in [3.05, 3.63) is 53.9 Å². The summed E-state index contributed by atoms with van der Waals surface area (Å²) in [5.41, 5.74) is 2.08. The number of aryl methyl sites for hydroxylation is 1. The van der Waals surface area contributed by atoms with E-state index in [1.807, 2.05) is 25.1 Å². The van der Waals surface area contributed by atoms with Gasteiger partial charge in [-0.2, -0.15) is 13.2 Å². The Labute approximate surface area is 197 Å². The van der Waals surface area contributed by atoms with Gasteiger partial charge in [-0.1, -0.05) is 12.1 Å². The summed E-state index contributed by atoms with van der Waals surface area (Å²) >= 11 is 0. The lowest BCUT2D eigenvalue weighted by Crippen LogP contribution is -2.53. The van der Waals surface area contributed by atoms with E-state index in [-0.39, 0.29) is 5.54 Å². The van der Waals surface area contributed by atoms with Crippen molar-refractivity contribution >= 4 is 6.09 Å². The fourth-order valence-corrected chi connectivity index (χ4v) is 4.83. The van der Waals surface area contributed by atoms with Gasteiger partial charge < -0.3 is 14.4 Å². The molecule has 2 aromatic rings. The molecule has 2 saturated heterocycles. The van der Waals surface area contributed by atoms with Gasteiger partial charge in [-0.15, -0.1) is 0 Å². The molecule has 0 radical (unpaired) electrons. The smallest absolute Gasteiger partial charge is 0.425 e. The zero-order chi connectivity index (χ0) is 24.3. The number of benzene rings is 1. The molecule has 3 heterocycles. The van der Waals surface area contributed by atoms with Crippen LogP contribution >= 0.6 is 0 Å². The van der Waals surface area contributed by atoms with Gasteiger partial charge in [0.1, 0.15) is 11.5 Å². The van der Waals surface area contributed by atoms with E-state index in [0.29, 0.717) is 38.2 Å². The van der Waals surface area contributed by atoms with E-state index in [0.717, 1.165) is 43.2 Å². The van der Waals surface area contributed by atoms with E-state index in [4.69, 9.17) is 4.74 Å². The number of likely N-dealkylation sites (tertiary alicyclic amines) is 2. The van der Waals surface area contributed by atoms with E-state index in [1.54, 1.807) is 12.4 Å². The summed E-state index contributed by atoms with van der Waals surface area (Å²) in [4.78, 5) is 20.2. The molecule has 184 valence electrons. The Morgan fingerprint density at radius 1 is 1.18 bits per heavy atom. The highest BCUT2D eigenvalue weighted by atomic mass is 19.4. The monoisotopic (exact) mass is 477 g/mol. The second kappa shape index (κ2) is 9.82. The Morgan fingerprint density at radius 2 is 1.94 bits per heavy atom. The number of aromatic nitrogens is 1. The third-order valence-corrected chi connectivity index (χ3v) is 6.88. The zero-order valence-electron chi connectivity index (χ0n) is 19.5. The van der Waals surface area contributed by atoms with Gasteiger partial charge in [-0.3, -0.25) is 9.88 Å². The molecule has 0 aliphatic carbocycles. The lowest BCUT2D eigenvalue weighted by atomic mass is 9.85. The van der Waals surface area contributed by atoms with Crippen LogP contribution in [-0.2, 0) is 11.3 Å². The van der Waals surface area contributed by atoms with Crippen molar-refractivity contribution in [1.82, 2.24) is 14.8 Å². The van der Waals surface area contributed by atoms with Crippen molar-refractivity contribution in [2.75, 3.05) is 19.6 Å². The number of carbonyl (C=O) groups excluding carboxylic acids is 1. The van der Waals surface area contributed by atoms with Crippen LogP contribution < -0.4 is 4.74 Å². The van der Waals surface area contributed by atoms with Gasteiger partial charge in [-0.05, 0) is 69.8 Å². The average molecular weight is 478 g/mol. The van der Waals surface area contributed by atoms with Crippen LogP contribution in [0.3, 0.4) is 0 Å². The van der Waals surface area contributed by atoms with Crippen LogP contribution in [0, 0.1) is 6.92 Å². The summed E-state index contributed by atoms with van der Waals surface area (Å²) in [6.07, 6.45) is -0.742. The lowest BCUT2D eigenvalue weighted by molar-refractivity contribution is -0.200. The topological polar surface area (TPSA) is 54.9 Å². The first-order valence-electron chi connectivity index (χ1n) is 11.6. The van der Waals surface area contributed by atoms with E-state index < -0.39 is 18.4 Å². The Balaban J connectivity index is 1.42. The number of halogens is 3. The molecule has 0 N–H and O–H groups in total. The molecule has 1 spiro atoms. The number of piperidine rings is 1. The number of carbonyl (C=O) groups is 1. The van der Waals surface area contributed by atoms with Crippen LogP contribution in [-0.4, -0.2) is 58.3 Å². The van der Waals surface area contributed by atoms with Gasteiger partial charge in [0.25, 0.3) is 0 Å². The molecular formula is C25H30F3N3O3. The highest BCUT2D eigenvalue weighted by Gasteiger charge is 2.45. The van der Waals surface area contributed by atoms with Crippen molar-refractivity contribution in [2.24, 2.45) is 0 Å². The van der Waals surface area contributed by atoms with Crippen molar-refractivity contribution in [1.29, 1.82) is 0 Å². The molecule has 2 aliphatic heterocycles. The predicted octanol–water partition coefficient (Wildman–Crippen LogP) is 5.70. The Bertz CT molecular complexity index is 992. The van der Waals surface area contributed by atoms with E-state index in [9.17, 15) is 18.0 Å². The SMILES string of the molecule is Cc1ccc(CN2CCCC23CCN(C(=O)OC(C)C(F)(F)F)CC3)c(Oc2cccnc2)c1. The maximum atomic E-state index is 12.8. The molecule has 1 atom stereocenters. The minimum Gasteiger partial charge on any atom is -0.455 e. The highest BCUT2D eigenvalue weighted by molar-refractivity contribution is 5.68. The van der Waals surface area contributed by atoms with E-state index in [2.05, 4.69) is 26.8 Å². The van der Waals surface area contributed by atoms with Crippen molar-refractivity contribution in [2.45, 2.75) is 63.9 Å². The molecule has 1 aromatic carbocycles. The van der Waals surface area contributed by atoms with Crippen LogP contribution in [0.5, 0.6) is 11.5 Å². The summed E-state index contributed by atoms with van der Waals surface area (Å²) in [6.45, 7) is 5.27. The van der Waals surface area contributed by atoms with Crippen molar-refractivity contribution in [3.8, 4) is 11.5 Å². The second-order valence-electron chi connectivity index (χ2n) is 9.21. The minimum atomic E-state index is -4.56. The quantitative estimate of drug-likeness (QED) is 0.553. The van der Waals surface area contributed by atoms with Crippen LogP contribution in [0.25, 0.3) is 0 Å². The maximum Gasteiger partial charge on any atom is 0.425 e. The number of hydrogen-bond donors (Lipinski definition) is 0. The maximum absolute atomic E-state index is 12.8. The summed E-state index contributed by atoms with van der Waals surface area (Å²) in [5, 5.41) is 0. The van der Waals surface area contributed by atoms with Gasteiger partial charge in [0, 0.05) is 36.9 Å². The molecule has 1 amide bonds. The molecule has 6 nitrogen and oxygen atoms in total. The van der Waals surface area contributed by atoms with Gasteiger partial charge in [0.2, 0.25) is 0 Å². The fraction of sp³-hybridized carbons (Fsp3) is 0.520. The predicted molar refractivity (Wildman–Crippen MR) is 121 cm³/mol. The van der Waals surface area contributed by atoms with Crippen molar-refractivity contribution < 1.29 is 27.4 Å². The normalized spacial score (nSPS) is 19.3. The number of alkyl halides is 3. The minimum absolute atomic E-state index is 0.0805. The molecule has 9 heteroatoms. The number of ether oxygens (including phenoxy) is 2. The van der Waals surface area contributed by atoms with Gasteiger partial charge in [0.15, 0.2) is 6.10 Å². The molecular weight excluding hydrogens is 447 g/mol. The molecule has 1 unspecified atom stereocenters. The molecule has 2 fully saturated rings. The van der Waals surface area contributed by atoms with Gasteiger partial charge in [0.05, 0.1) is 6.20 Å². The zero-order valence-corrected chi connectivity index (χ0v) is 19.5. The first kappa shape index (κ1) is 24.3. The number of amides is 1. The van der Waals surface area contributed by atoms with Crippen molar-refractivity contribution in [3.63, 3.8) is 0 Å². The average Bonchev–Trinajstić information content (AvgIpc) is 3.17. The molecule has 0 saturated carbocycles. The van der Waals surface area contributed by atoms with Crippen LogP contribution in [0.4, 0.5) is 18.0 Å². The summed E-state index contributed by atoms with van der Waals surface area (Å²) in [7, 11) is 0. The Morgan fingerprint density at radius 3 is 2.62 bits per heavy atom. The highest BCUT2D eigenvalue weighted by Crippen LogP contribution is 2.41. The van der Waals surface area contributed by atoms with Crippen LogP contribution in [0.1, 0.15) is 43.7 Å². The molecule has 1 aromatic heterocycles. The number of rotatable bonds is 5. The van der Waals surface area contributed by atoms with Crippen LogP contribution in [0.2, 0.25) is 0 Å². The molecule has 34 heavy (non-hydrogen) atoms. The van der Waals surface area contributed by atoms with Crippen LogP contribution in [0.15, 0.2) is 42.7 Å². The molecule has 0 bridgehead atoms. The summed E-state index contributed by atoms with van der Waals surface area (Å²) in [5.74, 6) is 1.46. The number of nitrogens with zero attached hydrogens (tertiary/aromatic N) is 3. The third-order valence-electron chi connectivity index (χ3n) is 6.88. The summed E-state index contributed by atoms with van der Waals surface area (Å²) in [6, 6.07) is 9.86. The Kier molecular flexibility index (Phi) is 7.02. The fourth-order valence-electron chi connectivity index (χ4n) is 4.83. The molecule has 4 rings (SSSR count). The summed E-state index contributed by atoms with van der Waals surface area (Å²) < 4.78 is 49.0. The van der Waals surface area contributed by atoms with Gasteiger partial charge in [-0.25, -0.2) is 4.79 Å². The number of hydrogen-bond acceptors (Lipinski definition) is 5. The second-order valence-corrected chi connectivity index (χ2v) is 9.21.